The van der Waals surface area contributed by atoms with Gasteiger partial charge < -0.3 is 14.8 Å². The summed E-state index contributed by atoms with van der Waals surface area (Å²) in [6.07, 6.45) is 1.48. The highest BCUT2D eigenvalue weighted by Gasteiger charge is 2.10. The van der Waals surface area contributed by atoms with Gasteiger partial charge in [0.1, 0.15) is 5.82 Å². The number of hydrogen-bond acceptors (Lipinski definition) is 8. The van der Waals surface area contributed by atoms with E-state index in [4.69, 9.17) is 4.74 Å². The van der Waals surface area contributed by atoms with E-state index in [9.17, 15) is 9.59 Å². The molecule has 0 fully saturated rings. The first kappa shape index (κ1) is 15.4. The highest BCUT2D eigenvalue weighted by Crippen LogP contribution is 2.13. The Morgan fingerprint density at radius 1 is 1.14 bits per heavy atom. The lowest BCUT2D eigenvalue weighted by molar-refractivity contribution is 0.0525. The minimum atomic E-state index is -0.568. The van der Waals surface area contributed by atoms with Crippen molar-refractivity contribution in [1.82, 2.24) is 15.2 Å². The van der Waals surface area contributed by atoms with Crippen LogP contribution in [0.25, 0.3) is 0 Å². The SMILES string of the molecule is CCOC(=O)c1ccnc(Nc2ccc(C(=O)OC)nn2)c1. The molecule has 0 aliphatic heterocycles. The Kier molecular flexibility index (Phi) is 4.97. The topological polar surface area (TPSA) is 103 Å². The van der Waals surface area contributed by atoms with E-state index in [1.807, 2.05) is 0 Å². The number of hydrogen-bond donors (Lipinski definition) is 1. The maximum absolute atomic E-state index is 11.6. The lowest BCUT2D eigenvalue weighted by Gasteiger charge is -2.06. The fourth-order valence-corrected chi connectivity index (χ4v) is 1.58. The predicted molar refractivity (Wildman–Crippen MR) is 76.8 cm³/mol. The second kappa shape index (κ2) is 7.11. The third-order valence-corrected chi connectivity index (χ3v) is 2.59. The number of aromatic nitrogens is 3. The van der Waals surface area contributed by atoms with Gasteiger partial charge in [0.25, 0.3) is 0 Å². The van der Waals surface area contributed by atoms with E-state index < -0.39 is 11.9 Å². The number of rotatable bonds is 5. The van der Waals surface area contributed by atoms with Gasteiger partial charge in [0.2, 0.25) is 0 Å². The second-order valence-electron chi connectivity index (χ2n) is 4.07. The molecule has 114 valence electrons. The van der Waals surface area contributed by atoms with E-state index in [1.54, 1.807) is 19.1 Å². The van der Waals surface area contributed by atoms with E-state index in [-0.39, 0.29) is 5.69 Å². The highest BCUT2D eigenvalue weighted by atomic mass is 16.5. The molecular weight excluding hydrogens is 288 g/mol. The van der Waals surface area contributed by atoms with Crippen molar-refractivity contribution < 1.29 is 19.1 Å². The Bertz CT molecular complexity index is 673. The molecule has 8 heteroatoms. The zero-order chi connectivity index (χ0) is 15.9. The number of pyridine rings is 1. The molecule has 0 unspecified atom stereocenters. The summed E-state index contributed by atoms with van der Waals surface area (Å²) < 4.78 is 9.45. The predicted octanol–water partition coefficient (Wildman–Crippen LogP) is 1.58. The lowest BCUT2D eigenvalue weighted by atomic mass is 10.2. The summed E-state index contributed by atoms with van der Waals surface area (Å²) in [5, 5.41) is 10.4. The molecule has 0 bridgehead atoms. The zero-order valence-corrected chi connectivity index (χ0v) is 12.1. The number of carbonyl (C=O) groups is 2. The van der Waals surface area contributed by atoms with Crippen molar-refractivity contribution in [2.24, 2.45) is 0 Å². The quantitative estimate of drug-likeness (QED) is 0.830. The van der Waals surface area contributed by atoms with E-state index in [0.29, 0.717) is 23.8 Å². The van der Waals surface area contributed by atoms with Gasteiger partial charge in [-0.25, -0.2) is 14.6 Å². The number of nitrogens with one attached hydrogen (secondary N) is 1. The summed E-state index contributed by atoms with van der Waals surface area (Å²) in [7, 11) is 1.26. The minimum Gasteiger partial charge on any atom is -0.464 e. The number of nitrogens with zero attached hydrogens (tertiary/aromatic N) is 3. The molecule has 8 nitrogen and oxygen atoms in total. The van der Waals surface area contributed by atoms with Crippen LogP contribution in [0.5, 0.6) is 0 Å². The number of anilines is 2. The van der Waals surface area contributed by atoms with Crippen LogP contribution in [0.2, 0.25) is 0 Å². The summed E-state index contributed by atoms with van der Waals surface area (Å²) in [6.45, 7) is 2.03. The van der Waals surface area contributed by atoms with E-state index in [0.717, 1.165) is 0 Å². The van der Waals surface area contributed by atoms with Gasteiger partial charge in [-0.3, -0.25) is 0 Å². The number of esters is 2. The average molecular weight is 302 g/mol. The van der Waals surface area contributed by atoms with E-state index in [1.165, 1.54) is 25.4 Å². The summed E-state index contributed by atoms with van der Waals surface area (Å²) in [6, 6.07) is 6.11. The smallest absolute Gasteiger partial charge is 0.358 e. The molecule has 0 radical (unpaired) electrons. The summed E-state index contributed by atoms with van der Waals surface area (Å²) in [5.74, 6) is -0.214. The number of methoxy groups -OCH3 is 1. The number of ether oxygens (including phenoxy) is 2. The summed E-state index contributed by atoms with van der Waals surface area (Å²) >= 11 is 0. The zero-order valence-electron chi connectivity index (χ0n) is 12.1. The maximum atomic E-state index is 11.6. The van der Waals surface area contributed by atoms with Gasteiger partial charge in [0.05, 0.1) is 19.3 Å². The Balaban J connectivity index is 2.12. The van der Waals surface area contributed by atoms with Crippen LogP contribution < -0.4 is 5.32 Å². The first-order chi connectivity index (χ1) is 10.6. The van der Waals surface area contributed by atoms with Crippen LogP contribution >= 0.6 is 0 Å². The molecule has 1 N–H and O–H groups in total. The number of carbonyl (C=O) groups excluding carboxylic acids is 2. The molecule has 2 heterocycles. The molecule has 0 spiro atoms. The van der Waals surface area contributed by atoms with Crippen LogP contribution in [0.4, 0.5) is 11.6 Å². The lowest BCUT2D eigenvalue weighted by Crippen LogP contribution is -2.08. The van der Waals surface area contributed by atoms with E-state index in [2.05, 4.69) is 25.2 Å². The summed E-state index contributed by atoms with van der Waals surface area (Å²) in [5.41, 5.74) is 0.472. The molecule has 2 rings (SSSR count). The van der Waals surface area contributed by atoms with Crippen LogP contribution in [0.1, 0.15) is 27.8 Å². The van der Waals surface area contributed by atoms with Crippen LogP contribution in [-0.2, 0) is 9.47 Å². The second-order valence-corrected chi connectivity index (χ2v) is 4.07. The molecule has 0 aliphatic rings. The van der Waals surface area contributed by atoms with Crippen molar-refractivity contribution in [2.45, 2.75) is 6.92 Å². The standard InChI is InChI=1S/C14H14N4O4/c1-3-22-13(19)9-6-7-15-12(8-9)16-11-5-4-10(17-18-11)14(20)21-2/h4-8H,3H2,1-2H3,(H,15,16,18). The average Bonchev–Trinajstić information content (AvgIpc) is 2.55. The third kappa shape index (κ3) is 3.75. The van der Waals surface area contributed by atoms with Crippen LogP contribution in [0.3, 0.4) is 0 Å². The van der Waals surface area contributed by atoms with Gasteiger partial charge in [-0.15, -0.1) is 10.2 Å². The Morgan fingerprint density at radius 3 is 2.59 bits per heavy atom. The van der Waals surface area contributed by atoms with Crippen molar-refractivity contribution in [3.63, 3.8) is 0 Å². The highest BCUT2D eigenvalue weighted by molar-refractivity contribution is 5.90. The molecule has 0 amide bonds. The molecule has 22 heavy (non-hydrogen) atoms. The van der Waals surface area contributed by atoms with Crippen molar-refractivity contribution >= 4 is 23.6 Å². The monoisotopic (exact) mass is 302 g/mol. The van der Waals surface area contributed by atoms with Crippen LogP contribution in [-0.4, -0.2) is 40.8 Å². The molecule has 0 aliphatic carbocycles. The summed E-state index contributed by atoms with van der Waals surface area (Å²) in [4.78, 5) is 27.0. The van der Waals surface area contributed by atoms with Crippen molar-refractivity contribution in [1.29, 1.82) is 0 Å². The van der Waals surface area contributed by atoms with Gasteiger partial charge in [0, 0.05) is 6.20 Å². The first-order valence-electron chi connectivity index (χ1n) is 6.46. The molecule has 0 aromatic carbocycles. The molecule has 2 aromatic heterocycles. The Labute approximate surface area is 126 Å². The van der Waals surface area contributed by atoms with Gasteiger partial charge in [0.15, 0.2) is 11.5 Å². The van der Waals surface area contributed by atoms with Crippen LogP contribution in [0, 0.1) is 0 Å². The van der Waals surface area contributed by atoms with E-state index >= 15 is 0 Å². The third-order valence-electron chi connectivity index (χ3n) is 2.59. The fraction of sp³-hybridized carbons (Fsp3) is 0.214. The Morgan fingerprint density at radius 2 is 1.95 bits per heavy atom. The van der Waals surface area contributed by atoms with Gasteiger partial charge >= 0.3 is 11.9 Å². The van der Waals surface area contributed by atoms with Crippen LogP contribution in [0.15, 0.2) is 30.5 Å². The fourth-order valence-electron chi connectivity index (χ4n) is 1.58. The molecular formula is C14H14N4O4. The van der Waals surface area contributed by atoms with Gasteiger partial charge in [-0.05, 0) is 31.2 Å². The van der Waals surface area contributed by atoms with Crippen molar-refractivity contribution in [3.05, 3.63) is 41.7 Å². The first-order valence-corrected chi connectivity index (χ1v) is 6.46. The minimum absolute atomic E-state index is 0.0984. The largest absolute Gasteiger partial charge is 0.464 e. The molecule has 0 atom stereocenters. The molecule has 2 aromatic rings. The Hall–Kier alpha value is -3.03. The molecule has 0 saturated carbocycles. The van der Waals surface area contributed by atoms with Crippen molar-refractivity contribution in [3.8, 4) is 0 Å². The maximum Gasteiger partial charge on any atom is 0.358 e. The van der Waals surface area contributed by atoms with Crippen molar-refractivity contribution in [2.75, 3.05) is 19.0 Å². The van der Waals surface area contributed by atoms with Gasteiger partial charge in [-0.1, -0.05) is 0 Å². The molecule has 0 saturated heterocycles. The van der Waals surface area contributed by atoms with Gasteiger partial charge in [-0.2, -0.15) is 0 Å². The normalized spacial score (nSPS) is 9.91.